The molecular formula is C22H22N2O4S. The molecule has 3 rings (SSSR count). The van der Waals surface area contributed by atoms with E-state index in [1.54, 1.807) is 36.0 Å². The zero-order valence-corrected chi connectivity index (χ0v) is 17.6. The summed E-state index contributed by atoms with van der Waals surface area (Å²) < 4.78 is 9.97. The minimum atomic E-state index is -0.448. The number of rotatable bonds is 6. The Morgan fingerprint density at radius 3 is 2.59 bits per heavy atom. The van der Waals surface area contributed by atoms with Crippen molar-refractivity contribution in [3.05, 3.63) is 76.2 Å². The molecule has 0 atom stereocenters. The third-order valence-electron chi connectivity index (χ3n) is 4.59. The molecule has 1 N–H and O–H groups in total. The maximum Gasteiger partial charge on any atom is 0.337 e. The minimum Gasteiger partial charge on any atom is -0.465 e. The molecule has 29 heavy (non-hydrogen) atoms. The summed E-state index contributed by atoms with van der Waals surface area (Å²) in [5.74, 6) is 0.752. The molecule has 0 bridgehead atoms. The van der Waals surface area contributed by atoms with Crippen molar-refractivity contribution in [3.63, 3.8) is 0 Å². The summed E-state index contributed by atoms with van der Waals surface area (Å²) in [5.41, 5.74) is 4.26. The highest BCUT2D eigenvalue weighted by Gasteiger charge is 2.16. The Labute approximate surface area is 173 Å². The number of nitrogens with one attached hydrogen (secondary N) is 1. The summed E-state index contributed by atoms with van der Waals surface area (Å²) in [6, 6.07) is 12.5. The molecule has 7 heteroatoms. The summed E-state index contributed by atoms with van der Waals surface area (Å²) in [4.78, 5) is 25.6. The van der Waals surface area contributed by atoms with E-state index in [0.717, 1.165) is 27.5 Å². The van der Waals surface area contributed by atoms with Crippen molar-refractivity contribution in [1.29, 1.82) is 0 Å². The first kappa shape index (κ1) is 20.7. The Kier molecular flexibility index (Phi) is 6.39. The molecule has 150 valence electrons. The smallest absolute Gasteiger partial charge is 0.337 e. The van der Waals surface area contributed by atoms with Crippen molar-refractivity contribution >= 4 is 29.3 Å². The van der Waals surface area contributed by atoms with Gasteiger partial charge in [-0.1, -0.05) is 23.4 Å². The summed E-state index contributed by atoms with van der Waals surface area (Å²) in [5, 5.41) is 6.89. The maximum atomic E-state index is 13.0. The van der Waals surface area contributed by atoms with E-state index in [1.807, 2.05) is 39.0 Å². The van der Waals surface area contributed by atoms with Crippen molar-refractivity contribution in [2.45, 2.75) is 31.4 Å². The van der Waals surface area contributed by atoms with Crippen LogP contribution in [0.5, 0.6) is 0 Å². The van der Waals surface area contributed by atoms with Gasteiger partial charge < -0.3 is 14.6 Å². The van der Waals surface area contributed by atoms with Gasteiger partial charge in [0, 0.05) is 21.9 Å². The average molecular weight is 410 g/mol. The van der Waals surface area contributed by atoms with Gasteiger partial charge in [-0.2, -0.15) is 0 Å². The minimum absolute atomic E-state index is 0.239. The van der Waals surface area contributed by atoms with Gasteiger partial charge in [0.25, 0.3) is 5.91 Å². The summed E-state index contributed by atoms with van der Waals surface area (Å²) in [6.07, 6.45) is 0. The first-order valence-corrected chi connectivity index (χ1v) is 10.0. The number of ether oxygens (including phenoxy) is 1. The molecular weight excluding hydrogens is 388 g/mol. The van der Waals surface area contributed by atoms with E-state index in [0.29, 0.717) is 22.6 Å². The van der Waals surface area contributed by atoms with Crippen LogP contribution < -0.4 is 5.32 Å². The van der Waals surface area contributed by atoms with Gasteiger partial charge in [0.15, 0.2) is 0 Å². The number of anilines is 1. The standard InChI is InChI=1S/C22H22N2O4S/c1-13-9-10-16(22(26)27-4)11-19(13)23-21(25)17-7-5-6-8-20(17)29-12-18-14(2)24-28-15(18)3/h5-11H,12H2,1-4H3,(H,23,25). The number of hydrogen-bond donors (Lipinski definition) is 1. The van der Waals surface area contributed by atoms with E-state index in [-0.39, 0.29) is 5.91 Å². The molecule has 0 aliphatic rings. The average Bonchev–Trinajstić information content (AvgIpc) is 3.05. The number of hydrogen-bond acceptors (Lipinski definition) is 6. The van der Waals surface area contributed by atoms with Crippen molar-refractivity contribution in [2.24, 2.45) is 0 Å². The first-order valence-electron chi connectivity index (χ1n) is 9.04. The highest BCUT2D eigenvalue weighted by molar-refractivity contribution is 7.98. The molecule has 2 aromatic carbocycles. The van der Waals surface area contributed by atoms with E-state index in [1.165, 1.54) is 7.11 Å². The van der Waals surface area contributed by atoms with Gasteiger partial charge in [-0.05, 0) is 50.6 Å². The van der Waals surface area contributed by atoms with Crippen LogP contribution in [0.25, 0.3) is 0 Å². The second-order valence-electron chi connectivity index (χ2n) is 6.56. The Balaban J connectivity index is 1.81. The van der Waals surface area contributed by atoms with Crippen LogP contribution in [0.4, 0.5) is 5.69 Å². The third-order valence-corrected chi connectivity index (χ3v) is 5.69. The zero-order chi connectivity index (χ0) is 21.0. The van der Waals surface area contributed by atoms with Crippen molar-refractivity contribution in [2.75, 3.05) is 12.4 Å². The number of carbonyl (C=O) groups excluding carboxylic acids is 2. The Morgan fingerprint density at radius 2 is 1.90 bits per heavy atom. The monoisotopic (exact) mass is 410 g/mol. The van der Waals surface area contributed by atoms with Crippen LogP contribution in [0.2, 0.25) is 0 Å². The first-order chi connectivity index (χ1) is 13.9. The van der Waals surface area contributed by atoms with Gasteiger partial charge in [-0.15, -0.1) is 11.8 Å². The van der Waals surface area contributed by atoms with Gasteiger partial charge in [-0.25, -0.2) is 4.79 Å². The lowest BCUT2D eigenvalue weighted by molar-refractivity contribution is 0.0600. The number of thioether (sulfide) groups is 1. The van der Waals surface area contributed by atoms with Gasteiger partial charge in [0.1, 0.15) is 5.76 Å². The fourth-order valence-corrected chi connectivity index (χ4v) is 4.03. The fourth-order valence-electron chi connectivity index (χ4n) is 2.83. The fraction of sp³-hybridized carbons (Fsp3) is 0.227. The number of aromatic nitrogens is 1. The maximum absolute atomic E-state index is 13.0. The number of nitrogens with zero attached hydrogens (tertiary/aromatic N) is 1. The number of benzene rings is 2. The van der Waals surface area contributed by atoms with E-state index in [2.05, 4.69) is 10.5 Å². The quantitative estimate of drug-likeness (QED) is 0.458. The molecule has 3 aromatic rings. The van der Waals surface area contributed by atoms with Crippen LogP contribution in [-0.4, -0.2) is 24.1 Å². The van der Waals surface area contributed by atoms with Gasteiger partial charge in [-0.3, -0.25) is 4.79 Å². The number of amides is 1. The lowest BCUT2D eigenvalue weighted by atomic mass is 10.1. The van der Waals surface area contributed by atoms with E-state index in [4.69, 9.17) is 9.26 Å². The van der Waals surface area contributed by atoms with Crippen LogP contribution >= 0.6 is 11.8 Å². The molecule has 0 unspecified atom stereocenters. The van der Waals surface area contributed by atoms with Crippen LogP contribution in [0.3, 0.4) is 0 Å². The predicted octanol–water partition coefficient (Wildman–Crippen LogP) is 4.93. The normalized spacial score (nSPS) is 10.6. The van der Waals surface area contributed by atoms with Crippen molar-refractivity contribution in [1.82, 2.24) is 5.16 Å². The van der Waals surface area contributed by atoms with Crippen molar-refractivity contribution < 1.29 is 18.8 Å². The number of aryl methyl sites for hydroxylation is 3. The zero-order valence-electron chi connectivity index (χ0n) is 16.7. The molecule has 0 fully saturated rings. The molecule has 1 aromatic heterocycles. The number of esters is 1. The lowest BCUT2D eigenvalue weighted by Gasteiger charge is -2.12. The molecule has 0 aliphatic carbocycles. The van der Waals surface area contributed by atoms with Crippen LogP contribution in [-0.2, 0) is 10.5 Å². The highest BCUT2D eigenvalue weighted by Crippen LogP contribution is 2.29. The highest BCUT2D eigenvalue weighted by atomic mass is 32.2. The van der Waals surface area contributed by atoms with Gasteiger partial charge in [0.2, 0.25) is 0 Å². The molecule has 0 aliphatic heterocycles. The van der Waals surface area contributed by atoms with E-state index >= 15 is 0 Å². The van der Waals surface area contributed by atoms with Crippen LogP contribution in [0.1, 0.15) is 43.3 Å². The second-order valence-corrected chi connectivity index (χ2v) is 7.58. The largest absolute Gasteiger partial charge is 0.465 e. The number of carbonyl (C=O) groups is 2. The molecule has 0 radical (unpaired) electrons. The third kappa shape index (κ3) is 4.68. The summed E-state index contributed by atoms with van der Waals surface area (Å²) in [6.45, 7) is 5.66. The Morgan fingerprint density at radius 1 is 1.14 bits per heavy atom. The second kappa shape index (κ2) is 8.96. The predicted molar refractivity (Wildman–Crippen MR) is 112 cm³/mol. The van der Waals surface area contributed by atoms with Crippen LogP contribution in [0.15, 0.2) is 51.9 Å². The Bertz CT molecular complexity index is 1040. The van der Waals surface area contributed by atoms with Gasteiger partial charge in [0.05, 0.1) is 23.9 Å². The molecule has 1 amide bonds. The van der Waals surface area contributed by atoms with E-state index < -0.39 is 5.97 Å². The van der Waals surface area contributed by atoms with E-state index in [9.17, 15) is 9.59 Å². The number of methoxy groups -OCH3 is 1. The Hall–Kier alpha value is -3.06. The molecule has 0 spiro atoms. The topological polar surface area (TPSA) is 81.4 Å². The SMILES string of the molecule is COC(=O)c1ccc(C)c(NC(=O)c2ccccc2SCc2c(C)noc2C)c1. The molecule has 0 saturated carbocycles. The summed E-state index contributed by atoms with van der Waals surface area (Å²) >= 11 is 1.55. The van der Waals surface area contributed by atoms with Gasteiger partial charge >= 0.3 is 5.97 Å². The lowest BCUT2D eigenvalue weighted by Crippen LogP contribution is -2.14. The molecule has 1 heterocycles. The molecule has 0 saturated heterocycles. The van der Waals surface area contributed by atoms with Crippen LogP contribution in [0, 0.1) is 20.8 Å². The molecule has 6 nitrogen and oxygen atoms in total. The summed E-state index contributed by atoms with van der Waals surface area (Å²) in [7, 11) is 1.33. The van der Waals surface area contributed by atoms with Crippen molar-refractivity contribution in [3.8, 4) is 0 Å².